The lowest BCUT2D eigenvalue weighted by Gasteiger charge is -2.17. The maximum atomic E-state index is 12.4. The Morgan fingerprint density at radius 3 is 2.62 bits per heavy atom. The van der Waals surface area contributed by atoms with Crippen molar-refractivity contribution in [3.8, 4) is 0 Å². The molecule has 0 aromatic heterocycles. The second-order valence-corrected chi connectivity index (χ2v) is 7.15. The molecule has 12 heteroatoms. The first kappa shape index (κ1) is 24.2. The van der Waals surface area contributed by atoms with Crippen LogP contribution in [0.5, 0.6) is 0 Å². The number of halogens is 1. The van der Waals surface area contributed by atoms with E-state index in [0.717, 1.165) is 10.4 Å². The van der Waals surface area contributed by atoms with E-state index in [1.54, 1.807) is 7.11 Å². The van der Waals surface area contributed by atoms with Gasteiger partial charge in [-0.05, 0) is 6.07 Å². The van der Waals surface area contributed by atoms with E-state index in [-0.39, 0.29) is 29.5 Å². The van der Waals surface area contributed by atoms with E-state index in [0.29, 0.717) is 26.2 Å². The zero-order chi connectivity index (χ0) is 18.9. The van der Waals surface area contributed by atoms with Crippen LogP contribution in [0.3, 0.4) is 0 Å². The number of sulfonamides is 1. The molecule has 0 spiro atoms. The fraction of sp³-hybridized carbons (Fsp3) is 0.500. The summed E-state index contributed by atoms with van der Waals surface area (Å²) in [6.45, 7) is 1.68. The summed E-state index contributed by atoms with van der Waals surface area (Å²) in [5.74, 6) is -0.468. The highest BCUT2D eigenvalue weighted by Gasteiger charge is 2.24. The Morgan fingerprint density at radius 1 is 1.31 bits per heavy atom. The molecule has 2 N–H and O–H groups in total. The molecule has 26 heavy (non-hydrogen) atoms. The number of carbonyl (C=O) groups excluding carboxylic acids is 1. The molecule has 0 atom stereocenters. The number of hydrogen-bond donors (Lipinski definition) is 2. The molecule has 148 valence electrons. The fourth-order valence-electron chi connectivity index (χ4n) is 1.87. The van der Waals surface area contributed by atoms with Crippen molar-refractivity contribution in [1.29, 1.82) is 0 Å². The molecule has 1 aromatic carbocycles. The average Bonchev–Trinajstić information content (AvgIpc) is 2.58. The topological polar surface area (TPSA) is 131 Å². The second-order valence-electron chi connectivity index (χ2n) is 5.11. The molecular formula is C14H23ClN4O6S. The lowest BCUT2D eigenvalue weighted by molar-refractivity contribution is -0.385. The highest BCUT2D eigenvalue weighted by atomic mass is 35.5. The van der Waals surface area contributed by atoms with Gasteiger partial charge in [0.15, 0.2) is 0 Å². The van der Waals surface area contributed by atoms with Gasteiger partial charge >= 0.3 is 0 Å². The van der Waals surface area contributed by atoms with Crippen LogP contribution in [-0.2, 0) is 19.6 Å². The molecule has 1 aromatic rings. The Labute approximate surface area is 158 Å². The molecule has 0 bridgehead atoms. The number of nitrogens with zero attached hydrogens (tertiary/aromatic N) is 2. The molecular weight excluding hydrogens is 388 g/mol. The summed E-state index contributed by atoms with van der Waals surface area (Å²) >= 11 is 0. The Hall–Kier alpha value is -1.79. The molecule has 10 nitrogen and oxygen atoms in total. The maximum absolute atomic E-state index is 12.4. The largest absolute Gasteiger partial charge is 0.383 e. The number of rotatable bonds is 11. The maximum Gasteiger partial charge on any atom is 0.270 e. The third-order valence-corrected chi connectivity index (χ3v) is 5.01. The lowest BCUT2D eigenvalue weighted by atomic mass is 10.3. The Balaban J connectivity index is 0.00000625. The number of likely N-dealkylation sites (N-methyl/N-ethyl adjacent to an activating group) is 1. The first-order valence-electron chi connectivity index (χ1n) is 7.46. The summed E-state index contributed by atoms with van der Waals surface area (Å²) < 4.78 is 30.5. The third-order valence-electron chi connectivity index (χ3n) is 3.21. The van der Waals surface area contributed by atoms with Gasteiger partial charge < -0.3 is 15.4 Å². The van der Waals surface area contributed by atoms with Gasteiger partial charge in [-0.3, -0.25) is 14.9 Å². The predicted octanol–water partition coefficient (Wildman–Crippen LogP) is -0.0107. The number of nitro groups is 1. The van der Waals surface area contributed by atoms with Crippen molar-refractivity contribution in [2.45, 2.75) is 4.90 Å². The molecule has 0 saturated heterocycles. The van der Waals surface area contributed by atoms with Gasteiger partial charge in [-0.25, -0.2) is 8.42 Å². The van der Waals surface area contributed by atoms with Crippen molar-refractivity contribution in [3.63, 3.8) is 0 Å². The number of methoxy groups -OCH3 is 1. The van der Waals surface area contributed by atoms with Gasteiger partial charge in [-0.1, -0.05) is 6.07 Å². The number of hydrogen-bond acceptors (Lipinski definition) is 7. The van der Waals surface area contributed by atoms with Crippen LogP contribution >= 0.6 is 12.4 Å². The average molecular weight is 411 g/mol. The monoisotopic (exact) mass is 410 g/mol. The van der Waals surface area contributed by atoms with Crippen LogP contribution in [0.4, 0.5) is 5.69 Å². The van der Waals surface area contributed by atoms with Crippen molar-refractivity contribution >= 4 is 34.0 Å². The number of nitrogens with one attached hydrogen (secondary N) is 2. The molecule has 0 aliphatic carbocycles. The summed E-state index contributed by atoms with van der Waals surface area (Å²) in [6, 6.07) is 4.69. The van der Waals surface area contributed by atoms with E-state index in [1.807, 2.05) is 0 Å². The minimum Gasteiger partial charge on any atom is -0.383 e. The minimum absolute atomic E-state index is 0. The summed E-state index contributed by atoms with van der Waals surface area (Å²) in [7, 11) is -1.17. The van der Waals surface area contributed by atoms with Crippen LogP contribution < -0.4 is 10.6 Å². The van der Waals surface area contributed by atoms with Crippen LogP contribution in [0.2, 0.25) is 0 Å². The highest BCUT2D eigenvalue weighted by molar-refractivity contribution is 7.89. The van der Waals surface area contributed by atoms with E-state index in [1.165, 1.54) is 25.2 Å². The number of carbonyl (C=O) groups is 1. The van der Waals surface area contributed by atoms with E-state index in [2.05, 4.69) is 10.6 Å². The summed E-state index contributed by atoms with van der Waals surface area (Å²) in [5, 5.41) is 16.4. The van der Waals surface area contributed by atoms with Gasteiger partial charge in [0.05, 0.1) is 23.0 Å². The number of ether oxygens (including phenoxy) is 1. The highest BCUT2D eigenvalue weighted by Crippen LogP contribution is 2.19. The standard InChI is InChI=1S/C14H22N4O6S.ClH/c1-17(11-14(19)16-7-6-15-8-9-24-2)25(22,23)13-5-3-4-12(10-13)18(20)21;/h3-5,10,15H,6-9,11H2,1-2H3,(H,16,19);1H. The van der Waals surface area contributed by atoms with Crippen molar-refractivity contribution in [1.82, 2.24) is 14.9 Å². The van der Waals surface area contributed by atoms with Crippen molar-refractivity contribution in [2.75, 3.05) is 46.9 Å². The van der Waals surface area contributed by atoms with Gasteiger partial charge in [0.1, 0.15) is 0 Å². The molecule has 0 aliphatic heterocycles. The van der Waals surface area contributed by atoms with Gasteiger partial charge in [-0.15, -0.1) is 12.4 Å². The SMILES string of the molecule is COCCNCCNC(=O)CN(C)S(=O)(=O)c1cccc([N+](=O)[O-])c1.Cl. The molecule has 0 unspecified atom stereocenters. The number of non-ortho nitro benzene ring substituents is 1. The second kappa shape index (κ2) is 11.8. The van der Waals surface area contributed by atoms with E-state index >= 15 is 0 Å². The quantitative estimate of drug-likeness (QED) is 0.298. The summed E-state index contributed by atoms with van der Waals surface area (Å²) in [5.41, 5.74) is -0.332. The van der Waals surface area contributed by atoms with Crippen molar-refractivity contribution < 1.29 is 22.9 Å². The third kappa shape index (κ3) is 7.62. The summed E-state index contributed by atoms with van der Waals surface area (Å²) in [6.07, 6.45) is 0. The van der Waals surface area contributed by atoms with E-state index in [4.69, 9.17) is 4.74 Å². The molecule has 0 heterocycles. The molecule has 0 aliphatic rings. The Morgan fingerprint density at radius 2 is 2.00 bits per heavy atom. The van der Waals surface area contributed by atoms with Gasteiger partial charge in [0.2, 0.25) is 15.9 Å². The zero-order valence-electron chi connectivity index (χ0n) is 14.5. The normalized spacial score (nSPS) is 11.0. The summed E-state index contributed by atoms with van der Waals surface area (Å²) in [4.78, 5) is 21.7. The van der Waals surface area contributed by atoms with Crippen molar-refractivity contribution in [2.24, 2.45) is 0 Å². The number of amides is 1. The van der Waals surface area contributed by atoms with Crippen LogP contribution in [0, 0.1) is 10.1 Å². The Bertz CT molecular complexity index is 700. The van der Waals surface area contributed by atoms with Crippen molar-refractivity contribution in [3.05, 3.63) is 34.4 Å². The van der Waals surface area contributed by atoms with Crippen LogP contribution in [0.25, 0.3) is 0 Å². The van der Waals surface area contributed by atoms with Gasteiger partial charge in [0, 0.05) is 45.9 Å². The molecule has 0 fully saturated rings. The first-order chi connectivity index (χ1) is 11.8. The fourth-order valence-corrected chi connectivity index (χ4v) is 3.04. The first-order valence-corrected chi connectivity index (χ1v) is 8.90. The van der Waals surface area contributed by atoms with Gasteiger partial charge in [-0.2, -0.15) is 4.31 Å². The zero-order valence-corrected chi connectivity index (χ0v) is 16.1. The predicted molar refractivity (Wildman–Crippen MR) is 97.9 cm³/mol. The lowest BCUT2D eigenvalue weighted by Crippen LogP contribution is -2.40. The number of benzene rings is 1. The van der Waals surface area contributed by atoms with E-state index < -0.39 is 20.9 Å². The molecule has 1 rings (SSSR count). The smallest absolute Gasteiger partial charge is 0.270 e. The van der Waals surface area contributed by atoms with Crippen LogP contribution in [0.15, 0.2) is 29.2 Å². The van der Waals surface area contributed by atoms with Crippen LogP contribution in [-0.4, -0.2) is 70.5 Å². The molecule has 0 radical (unpaired) electrons. The van der Waals surface area contributed by atoms with E-state index in [9.17, 15) is 23.3 Å². The molecule has 0 saturated carbocycles. The number of nitro benzene ring substituents is 1. The Kier molecular flexibility index (Phi) is 10.9. The minimum atomic E-state index is -4.00. The van der Waals surface area contributed by atoms with Crippen LogP contribution in [0.1, 0.15) is 0 Å². The molecule has 1 amide bonds. The van der Waals surface area contributed by atoms with Gasteiger partial charge in [0.25, 0.3) is 5.69 Å².